The summed E-state index contributed by atoms with van der Waals surface area (Å²) in [6.07, 6.45) is -1.55. The molecule has 1 unspecified atom stereocenters. The molecule has 3 nitrogen and oxygen atoms in total. The number of halogens is 3. The molecule has 1 aromatic heterocycles. The van der Waals surface area contributed by atoms with Crippen LogP contribution in [0.15, 0.2) is 12.4 Å². The van der Waals surface area contributed by atoms with E-state index in [0.29, 0.717) is 6.54 Å². The molecule has 0 saturated heterocycles. The molecular formula is C10H16F3N3. The van der Waals surface area contributed by atoms with E-state index in [1.165, 1.54) is 4.68 Å². The molecule has 1 aromatic rings. The molecule has 0 fully saturated rings. The van der Waals surface area contributed by atoms with Gasteiger partial charge in [0.05, 0.1) is 18.3 Å². The van der Waals surface area contributed by atoms with Gasteiger partial charge in [-0.25, -0.2) is 0 Å². The van der Waals surface area contributed by atoms with E-state index in [2.05, 4.69) is 10.4 Å². The highest BCUT2D eigenvalue weighted by molar-refractivity contribution is 5.08. The molecule has 0 spiro atoms. The lowest BCUT2D eigenvalue weighted by atomic mass is 10.2. The van der Waals surface area contributed by atoms with Crippen molar-refractivity contribution in [1.29, 1.82) is 0 Å². The Kier molecular flexibility index (Phi) is 4.35. The summed E-state index contributed by atoms with van der Waals surface area (Å²) in [5.74, 6) is 0. The maximum absolute atomic E-state index is 12.3. The topological polar surface area (TPSA) is 29.9 Å². The quantitative estimate of drug-likeness (QED) is 0.848. The monoisotopic (exact) mass is 235 g/mol. The van der Waals surface area contributed by atoms with Crippen LogP contribution in [0.2, 0.25) is 0 Å². The Hall–Kier alpha value is -1.04. The van der Waals surface area contributed by atoms with Gasteiger partial charge in [-0.05, 0) is 13.0 Å². The first-order chi connectivity index (χ1) is 7.47. The number of hydrogen-bond acceptors (Lipinski definition) is 2. The average molecular weight is 235 g/mol. The first-order valence-corrected chi connectivity index (χ1v) is 5.30. The maximum Gasteiger partial charge on any atom is 0.419 e. The molecule has 0 saturated carbocycles. The number of aromatic nitrogens is 2. The van der Waals surface area contributed by atoms with E-state index in [1.54, 1.807) is 0 Å². The summed E-state index contributed by atoms with van der Waals surface area (Å²) in [5, 5.41) is 6.90. The molecule has 6 heteroatoms. The number of alkyl halides is 3. The lowest BCUT2D eigenvalue weighted by molar-refractivity contribution is -0.137. The highest BCUT2D eigenvalue weighted by Gasteiger charge is 2.32. The maximum atomic E-state index is 12.3. The van der Waals surface area contributed by atoms with Gasteiger partial charge in [0, 0.05) is 12.2 Å². The number of rotatable bonds is 5. The lowest BCUT2D eigenvalue weighted by Gasteiger charge is -2.15. The molecule has 0 aromatic carbocycles. The van der Waals surface area contributed by atoms with Crippen LogP contribution in [-0.2, 0) is 12.7 Å². The summed E-state index contributed by atoms with van der Waals surface area (Å²) in [4.78, 5) is 0. The molecule has 1 rings (SSSR count). The zero-order chi connectivity index (χ0) is 12.2. The van der Waals surface area contributed by atoms with E-state index >= 15 is 0 Å². The predicted octanol–water partition coefficient (Wildman–Crippen LogP) is 2.29. The van der Waals surface area contributed by atoms with Gasteiger partial charge in [-0.15, -0.1) is 0 Å². The zero-order valence-electron chi connectivity index (χ0n) is 9.38. The van der Waals surface area contributed by atoms with Crippen LogP contribution in [0.5, 0.6) is 0 Å². The van der Waals surface area contributed by atoms with Crippen LogP contribution in [0.3, 0.4) is 0 Å². The molecule has 0 aliphatic heterocycles. The summed E-state index contributed by atoms with van der Waals surface area (Å²) >= 11 is 0. The van der Waals surface area contributed by atoms with Gasteiger partial charge in [0.2, 0.25) is 0 Å². The molecule has 1 atom stereocenters. The van der Waals surface area contributed by atoms with Crippen molar-refractivity contribution in [2.75, 3.05) is 6.54 Å². The largest absolute Gasteiger partial charge is 0.419 e. The Balaban J connectivity index is 2.64. The van der Waals surface area contributed by atoms with Crippen molar-refractivity contribution in [2.24, 2.45) is 0 Å². The van der Waals surface area contributed by atoms with E-state index < -0.39 is 11.7 Å². The second-order valence-electron chi connectivity index (χ2n) is 3.61. The molecular weight excluding hydrogens is 219 g/mol. The third-order valence-corrected chi connectivity index (χ3v) is 2.35. The molecule has 1 N–H and O–H groups in total. The Morgan fingerprint density at radius 2 is 2.12 bits per heavy atom. The van der Waals surface area contributed by atoms with Crippen molar-refractivity contribution in [2.45, 2.75) is 39.0 Å². The minimum atomic E-state index is -4.31. The predicted molar refractivity (Wildman–Crippen MR) is 55.0 cm³/mol. The molecule has 0 amide bonds. The van der Waals surface area contributed by atoms with Crippen LogP contribution in [0.25, 0.3) is 0 Å². The fraction of sp³-hybridized carbons (Fsp3) is 0.700. The fourth-order valence-corrected chi connectivity index (χ4v) is 1.46. The van der Waals surface area contributed by atoms with Gasteiger partial charge in [0.15, 0.2) is 0 Å². The molecule has 1 heterocycles. The molecule has 0 bridgehead atoms. The normalized spacial score (nSPS) is 14.1. The Labute approximate surface area is 92.6 Å². The summed E-state index contributed by atoms with van der Waals surface area (Å²) in [5.41, 5.74) is -0.696. The van der Waals surface area contributed by atoms with Gasteiger partial charge in [-0.1, -0.05) is 13.8 Å². The third-order valence-electron chi connectivity index (χ3n) is 2.35. The SMILES string of the molecule is CCNC(CC)Cn1cc(C(F)(F)F)cn1. The van der Waals surface area contributed by atoms with E-state index in [0.717, 1.165) is 25.4 Å². The van der Waals surface area contributed by atoms with Gasteiger partial charge in [0.25, 0.3) is 0 Å². The van der Waals surface area contributed by atoms with Gasteiger partial charge in [-0.2, -0.15) is 18.3 Å². The van der Waals surface area contributed by atoms with Crippen LogP contribution in [0, 0.1) is 0 Å². The van der Waals surface area contributed by atoms with E-state index in [4.69, 9.17) is 0 Å². The van der Waals surface area contributed by atoms with Crippen molar-refractivity contribution >= 4 is 0 Å². The van der Waals surface area contributed by atoms with E-state index in [-0.39, 0.29) is 6.04 Å². The van der Waals surface area contributed by atoms with Gasteiger partial charge in [0.1, 0.15) is 0 Å². The van der Waals surface area contributed by atoms with Crippen molar-refractivity contribution in [3.8, 4) is 0 Å². The Morgan fingerprint density at radius 3 is 2.56 bits per heavy atom. The molecule has 0 aliphatic rings. The molecule has 16 heavy (non-hydrogen) atoms. The first kappa shape index (κ1) is 13.0. The van der Waals surface area contributed by atoms with E-state index in [9.17, 15) is 13.2 Å². The minimum absolute atomic E-state index is 0.158. The third kappa shape index (κ3) is 3.52. The summed E-state index contributed by atoms with van der Waals surface area (Å²) in [6, 6.07) is 0.158. The second kappa shape index (κ2) is 5.34. The molecule has 92 valence electrons. The standard InChI is InChI=1S/C10H16F3N3/c1-3-9(14-4-2)7-16-6-8(5-15-16)10(11,12)13/h5-6,9,14H,3-4,7H2,1-2H3. The highest BCUT2D eigenvalue weighted by atomic mass is 19.4. The Bertz CT molecular complexity index is 319. The van der Waals surface area contributed by atoms with Crippen LogP contribution < -0.4 is 5.32 Å². The average Bonchev–Trinajstić information content (AvgIpc) is 2.65. The highest BCUT2D eigenvalue weighted by Crippen LogP contribution is 2.28. The number of nitrogens with one attached hydrogen (secondary N) is 1. The van der Waals surface area contributed by atoms with Crippen molar-refractivity contribution in [3.63, 3.8) is 0 Å². The van der Waals surface area contributed by atoms with Crippen LogP contribution >= 0.6 is 0 Å². The fourth-order valence-electron chi connectivity index (χ4n) is 1.46. The number of likely N-dealkylation sites (N-methyl/N-ethyl adjacent to an activating group) is 1. The Morgan fingerprint density at radius 1 is 1.44 bits per heavy atom. The van der Waals surface area contributed by atoms with Gasteiger partial charge >= 0.3 is 6.18 Å². The van der Waals surface area contributed by atoms with Crippen molar-refractivity contribution in [1.82, 2.24) is 15.1 Å². The van der Waals surface area contributed by atoms with E-state index in [1.807, 2.05) is 13.8 Å². The van der Waals surface area contributed by atoms with Crippen LogP contribution in [0.1, 0.15) is 25.8 Å². The summed E-state index contributed by atoms with van der Waals surface area (Å²) in [6.45, 7) is 5.21. The van der Waals surface area contributed by atoms with Crippen LogP contribution in [-0.4, -0.2) is 22.4 Å². The van der Waals surface area contributed by atoms with Gasteiger partial charge in [-0.3, -0.25) is 4.68 Å². The minimum Gasteiger partial charge on any atom is -0.312 e. The number of nitrogens with zero attached hydrogens (tertiary/aromatic N) is 2. The molecule has 0 aliphatic carbocycles. The zero-order valence-corrected chi connectivity index (χ0v) is 9.38. The first-order valence-electron chi connectivity index (χ1n) is 5.30. The summed E-state index contributed by atoms with van der Waals surface area (Å²) < 4.78 is 38.2. The van der Waals surface area contributed by atoms with Gasteiger partial charge < -0.3 is 5.32 Å². The molecule has 0 radical (unpaired) electrons. The second-order valence-corrected chi connectivity index (χ2v) is 3.61. The number of hydrogen-bond donors (Lipinski definition) is 1. The lowest BCUT2D eigenvalue weighted by Crippen LogP contribution is -2.32. The summed E-state index contributed by atoms with van der Waals surface area (Å²) in [7, 11) is 0. The van der Waals surface area contributed by atoms with Crippen molar-refractivity contribution < 1.29 is 13.2 Å². The van der Waals surface area contributed by atoms with Crippen LogP contribution in [0.4, 0.5) is 13.2 Å². The smallest absolute Gasteiger partial charge is 0.312 e. The van der Waals surface area contributed by atoms with Crippen molar-refractivity contribution in [3.05, 3.63) is 18.0 Å².